The molecule has 0 N–H and O–H groups in total. The second-order valence-corrected chi connectivity index (χ2v) is 3.42. The van der Waals surface area contributed by atoms with Crippen molar-refractivity contribution in [1.29, 1.82) is 5.26 Å². The fourth-order valence-electron chi connectivity index (χ4n) is 1.37. The molecule has 1 aromatic carbocycles. The van der Waals surface area contributed by atoms with Gasteiger partial charge in [0.2, 0.25) is 0 Å². The van der Waals surface area contributed by atoms with Gasteiger partial charge in [0.05, 0.1) is 5.56 Å². The Morgan fingerprint density at radius 2 is 2.22 bits per heavy atom. The zero-order valence-corrected chi connectivity index (χ0v) is 8.97. The summed E-state index contributed by atoms with van der Waals surface area (Å²) >= 11 is 0. The highest BCUT2D eigenvalue weighted by molar-refractivity contribution is 5.96. The van der Waals surface area contributed by atoms with Crippen molar-refractivity contribution in [1.82, 2.24) is 14.8 Å². The predicted octanol–water partition coefficient (Wildman–Crippen LogP) is 1.31. The number of rotatable bonds is 3. The lowest BCUT2D eigenvalue weighted by Crippen LogP contribution is -2.12. The van der Waals surface area contributed by atoms with Crippen LogP contribution >= 0.6 is 0 Å². The van der Waals surface area contributed by atoms with Crippen molar-refractivity contribution in [3.05, 3.63) is 47.5 Å². The van der Waals surface area contributed by atoms with E-state index in [0.29, 0.717) is 6.07 Å². The van der Waals surface area contributed by atoms with Gasteiger partial charge in [-0.25, -0.2) is 18.4 Å². The van der Waals surface area contributed by atoms with E-state index in [1.165, 1.54) is 6.33 Å². The van der Waals surface area contributed by atoms with Crippen LogP contribution in [0.3, 0.4) is 0 Å². The molecule has 0 fully saturated rings. The number of Topliss-reactive ketones (excluding diaryl/α,β-unsaturated/α-hetero) is 1. The van der Waals surface area contributed by atoms with Crippen molar-refractivity contribution in [3.63, 3.8) is 0 Å². The van der Waals surface area contributed by atoms with Gasteiger partial charge in [-0.3, -0.25) is 4.79 Å². The molecule has 18 heavy (non-hydrogen) atoms. The lowest BCUT2D eigenvalue weighted by molar-refractivity contribution is 0.0963. The molecule has 0 spiro atoms. The van der Waals surface area contributed by atoms with Crippen LogP contribution in [-0.4, -0.2) is 20.5 Å². The number of halogens is 2. The third-order valence-electron chi connectivity index (χ3n) is 2.17. The molecule has 2 aromatic rings. The smallest absolute Gasteiger partial charge is 0.252 e. The molecule has 2 rings (SSSR count). The van der Waals surface area contributed by atoms with Crippen LogP contribution in [0.5, 0.6) is 0 Å². The number of ketones is 1. The monoisotopic (exact) mass is 248 g/mol. The molecule has 0 amide bonds. The van der Waals surface area contributed by atoms with Crippen LogP contribution in [0.1, 0.15) is 16.2 Å². The molecule has 0 aliphatic rings. The van der Waals surface area contributed by atoms with Gasteiger partial charge in [0.25, 0.3) is 5.82 Å². The molecule has 5 nitrogen and oxygen atoms in total. The van der Waals surface area contributed by atoms with Crippen LogP contribution in [0.2, 0.25) is 0 Å². The number of nitriles is 1. The summed E-state index contributed by atoms with van der Waals surface area (Å²) in [4.78, 5) is 15.3. The SMILES string of the molecule is N#Cc1ncn(CC(=O)c2ccc(F)cc2F)n1. The number of benzene rings is 1. The predicted molar refractivity (Wildman–Crippen MR) is 55.4 cm³/mol. The summed E-state index contributed by atoms with van der Waals surface area (Å²) in [5.41, 5.74) is -0.231. The minimum Gasteiger partial charge on any atom is -0.292 e. The van der Waals surface area contributed by atoms with Gasteiger partial charge in [-0.15, -0.1) is 5.10 Å². The summed E-state index contributed by atoms with van der Waals surface area (Å²) in [7, 11) is 0. The van der Waals surface area contributed by atoms with Crippen LogP contribution in [0.15, 0.2) is 24.5 Å². The average molecular weight is 248 g/mol. The van der Waals surface area contributed by atoms with Crippen molar-refractivity contribution in [2.45, 2.75) is 6.54 Å². The Bertz CT molecular complexity index is 645. The maximum absolute atomic E-state index is 13.3. The molecule has 7 heteroatoms. The summed E-state index contributed by atoms with van der Waals surface area (Å²) in [6.45, 7) is -0.267. The number of hydrogen-bond acceptors (Lipinski definition) is 4. The number of carbonyl (C=O) groups is 1. The third-order valence-corrected chi connectivity index (χ3v) is 2.17. The first kappa shape index (κ1) is 11.9. The van der Waals surface area contributed by atoms with Gasteiger partial charge in [0.15, 0.2) is 5.78 Å². The highest BCUT2D eigenvalue weighted by Crippen LogP contribution is 2.11. The zero-order chi connectivity index (χ0) is 13.1. The van der Waals surface area contributed by atoms with E-state index in [0.717, 1.165) is 16.8 Å². The van der Waals surface area contributed by atoms with E-state index in [2.05, 4.69) is 10.1 Å². The van der Waals surface area contributed by atoms with E-state index < -0.39 is 17.4 Å². The van der Waals surface area contributed by atoms with Crippen LogP contribution in [0, 0.1) is 23.0 Å². The number of aromatic nitrogens is 3. The first-order valence-electron chi connectivity index (χ1n) is 4.88. The fraction of sp³-hybridized carbons (Fsp3) is 0.0909. The molecule has 90 valence electrons. The second kappa shape index (κ2) is 4.71. The summed E-state index contributed by atoms with van der Waals surface area (Å²) in [6.07, 6.45) is 1.19. The fourth-order valence-corrected chi connectivity index (χ4v) is 1.37. The number of hydrogen-bond donors (Lipinski definition) is 0. The van der Waals surface area contributed by atoms with E-state index in [1.54, 1.807) is 6.07 Å². The van der Waals surface area contributed by atoms with Gasteiger partial charge < -0.3 is 0 Å². The minimum absolute atomic E-state index is 0.0811. The van der Waals surface area contributed by atoms with Crippen LogP contribution in [0.4, 0.5) is 8.78 Å². The van der Waals surface area contributed by atoms with Gasteiger partial charge in [0.1, 0.15) is 30.6 Å². The molecule has 0 saturated heterocycles. The lowest BCUT2D eigenvalue weighted by atomic mass is 10.1. The van der Waals surface area contributed by atoms with Crippen LogP contribution in [-0.2, 0) is 6.54 Å². The Balaban J connectivity index is 2.19. The Morgan fingerprint density at radius 3 is 2.83 bits per heavy atom. The third kappa shape index (κ3) is 2.38. The van der Waals surface area contributed by atoms with Crippen LogP contribution in [0.25, 0.3) is 0 Å². The average Bonchev–Trinajstić information content (AvgIpc) is 2.76. The van der Waals surface area contributed by atoms with Gasteiger partial charge >= 0.3 is 0 Å². The van der Waals surface area contributed by atoms with Gasteiger partial charge in [-0.2, -0.15) is 5.26 Å². The van der Waals surface area contributed by atoms with E-state index in [4.69, 9.17) is 5.26 Å². The number of carbonyl (C=O) groups excluding carboxylic acids is 1. The normalized spacial score (nSPS) is 10.1. The summed E-state index contributed by atoms with van der Waals surface area (Å²) < 4.78 is 27.1. The maximum atomic E-state index is 13.3. The van der Waals surface area contributed by atoms with Crippen molar-refractivity contribution >= 4 is 5.78 Å². The topological polar surface area (TPSA) is 71.6 Å². The molecule has 1 aromatic heterocycles. The van der Waals surface area contributed by atoms with E-state index in [-0.39, 0.29) is 17.9 Å². The largest absolute Gasteiger partial charge is 0.292 e. The van der Waals surface area contributed by atoms with E-state index >= 15 is 0 Å². The molecule has 0 radical (unpaired) electrons. The van der Waals surface area contributed by atoms with Gasteiger partial charge in [-0.1, -0.05) is 0 Å². The van der Waals surface area contributed by atoms with Gasteiger partial charge in [0, 0.05) is 6.07 Å². The standard InChI is InChI=1S/C11H6F2N4O/c12-7-1-2-8(9(13)3-7)10(18)5-17-6-15-11(4-14)16-17/h1-3,6H,5H2. The molecule has 0 aliphatic heterocycles. The lowest BCUT2D eigenvalue weighted by Gasteiger charge is -2.02. The molecule has 0 bridgehead atoms. The molecule has 0 atom stereocenters. The summed E-state index contributed by atoms with van der Waals surface area (Å²) in [5.74, 6) is -2.35. The Kier molecular flexibility index (Phi) is 3.10. The highest BCUT2D eigenvalue weighted by Gasteiger charge is 2.13. The number of nitrogens with zero attached hydrogens (tertiary/aromatic N) is 4. The van der Waals surface area contributed by atoms with Gasteiger partial charge in [-0.05, 0) is 12.1 Å². The summed E-state index contributed by atoms with van der Waals surface area (Å²) in [5, 5.41) is 12.2. The quantitative estimate of drug-likeness (QED) is 0.768. The Labute approximate surface area is 100 Å². The minimum atomic E-state index is -0.930. The highest BCUT2D eigenvalue weighted by atomic mass is 19.1. The second-order valence-electron chi connectivity index (χ2n) is 3.42. The van der Waals surface area contributed by atoms with Crippen molar-refractivity contribution < 1.29 is 13.6 Å². The maximum Gasteiger partial charge on any atom is 0.252 e. The molecule has 1 heterocycles. The van der Waals surface area contributed by atoms with Crippen molar-refractivity contribution in [3.8, 4) is 6.07 Å². The molecule has 0 saturated carbocycles. The first-order chi connectivity index (χ1) is 8.60. The molecular weight excluding hydrogens is 242 g/mol. The molecule has 0 aliphatic carbocycles. The van der Waals surface area contributed by atoms with E-state index in [1.807, 2.05) is 0 Å². The molecular formula is C11H6F2N4O. The first-order valence-corrected chi connectivity index (χ1v) is 4.88. The summed E-state index contributed by atoms with van der Waals surface area (Å²) in [6, 6.07) is 4.40. The van der Waals surface area contributed by atoms with E-state index in [9.17, 15) is 13.6 Å². The molecule has 0 unspecified atom stereocenters. The van der Waals surface area contributed by atoms with Crippen molar-refractivity contribution in [2.24, 2.45) is 0 Å². The Hall–Kier alpha value is -2.62. The zero-order valence-electron chi connectivity index (χ0n) is 8.97. The van der Waals surface area contributed by atoms with Crippen LogP contribution < -0.4 is 0 Å². The Morgan fingerprint density at radius 1 is 1.44 bits per heavy atom. The van der Waals surface area contributed by atoms with Crippen molar-refractivity contribution in [2.75, 3.05) is 0 Å².